The number of nitrogens with two attached hydrogens (primary N) is 1. The Morgan fingerprint density at radius 2 is 2.11 bits per heavy atom. The molecule has 6 nitrogen and oxygen atoms in total. The molecule has 0 atom stereocenters. The number of fused-ring (bicyclic) bond motifs is 1. The minimum absolute atomic E-state index is 0.379. The second kappa shape index (κ2) is 3.99. The average Bonchev–Trinajstić information content (AvgIpc) is 2.78. The second-order valence-electron chi connectivity index (χ2n) is 4.28. The van der Waals surface area contributed by atoms with Gasteiger partial charge in [-0.1, -0.05) is 0 Å². The Kier molecular flexibility index (Phi) is 2.53. The molecule has 0 amide bonds. The smallest absolute Gasteiger partial charge is 0.408 e. The molecule has 2 N–H and O–H groups in total. The van der Waals surface area contributed by atoms with E-state index in [0.717, 1.165) is 21.2 Å². The molecule has 0 saturated heterocycles. The summed E-state index contributed by atoms with van der Waals surface area (Å²) in [4.78, 5) is 11.5. The summed E-state index contributed by atoms with van der Waals surface area (Å²) in [6, 6.07) is 5.51. The molecule has 19 heavy (non-hydrogen) atoms. The van der Waals surface area contributed by atoms with Gasteiger partial charge in [0.25, 0.3) is 0 Å². The monoisotopic (exact) mass is 322 g/mol. The van der Waals surface area contributed by atoms with E-state index >= 15 is 0 Å². The van der Waals surface area contributed by atoms with Gasteiger partial charge in [0.05, 0.1) is 15.7 Å². The van der Waals surface area contributed by atoms with Crippen molar-refractivity contribution in [1.29, 1.82) is 0 Å². The predicted molar refractivity (Wildman–Crippen MR) is 75.8 cm³/mol. The molecule has 7 heteroatoms. The van der Waals surface area contributed by atoms with Crippen molar-refractivity contribution in [3.8, 4) is 11.3 Å². The van der Waals surface area contributed by atoms with E-state index in [9.17, 15) is 4.79 Å². The van der Waals surface area contributed by atoms with Crippen LogP contribution >= 0.6 is 15.9 Å². The molecule has 98 valence electrons. The van der Waals surface area contributed by atoms with Gasteiger partial charge >= 0.3 is 5.76 Å². The molecule has 0 aliphatic carbocycles. The summed E-state index contributed by atoms with van der Waals surface area (Å²) in [6.07, 6.45) is 0. The first-order chi connectivity index (χ1) is 8.99. The van der Waals surface area contributed by atoms with Crippen LogP contribution in [0.1, 0.15) is 0 Å². The number of aryl methyl sites for hydroxylation is 2. The number of nitrogens with zero attached hydrogens (tertiary/aromatic N) is 3. The Balaban J connectivity index is 2.31. The number of aromatic nitrogens is 3. The lowest BCUT2D eigenvalue weighted by Crippen LogP contribution is -2.08. The summed E-state index contributed by atoms with van der Waals surface area (Å²) in [5, 5.41) is 4.15. The normalized spacial score (nSPS) is 11.3. The molecule has 2 heterocycles. The summed E-state index contributed by atoms with van der Waals surface area (Å²) in [6.45, 7) is 0. The van der Waals surface area contributed by atoms with Gasteiger partial charge in [-0.2, -0.15) is 5.10 Å². The molecule has 0 radical (unpaired) electrons. The van der Waals surface area contributed by atoms with Crippen LogP contribution in [0.25, 0.3) is 22.4 Å². The maximum atomic E-state index is 11.5. The van der Waals surface area contributed by atoms with E-state index in [1.54, 1.807) is 17.8 Å². The van der Waals surface area contributed by atoms with Crippen LogP contribution in [0.3, 0.4) is 0 Å². The highest BCUT2D eigenvalue weighted by atomic mass is 79.9. The lowest BCUT2D eigenvalue weighted by atomic mass is 10.1. The van der Waals surface area contributed by atoms with Gasteiger partial charge in [0.15, 0.2) is 11.4 Å². The van der Waals surface area contributed by atoms with Crippen LogP contribution in [0.4, 0.5) is 5.82 Å². The zero-order chi connectivity index (χ0) is 13.7. The van der Waals surface area contributed by atoms with Gasteiger partial charge in [-0.15, -0.1) is 0 Å². The molecule has 0 aliphatic heterocycles. The lowest BCUT2D eigenvalue weighted by molar-refractivity contribution is 0.528. The molecule has 0 aliphatic rings. The summed E-state index contributed by atoms with van der Waals surface area (Å²) < 4.78 is 9.00. The Morgan fingerprint density at radius 3 is 2.74 bits per heavy atom. The van der Waals surface area contributed by atoms with Crippen LogP contribution in [-0.4, -0.2) is 14.3 Å². The van der Waals surface area contributed by atoms with Gasteiger partial charge in [0.1, 0.15) is 0 Å². The number of hydrogen-bond donors (Lipinski definition) is 1. The number of anilines is 1. The van der Waals surface area contributed by atoms with Gasteiger partial charge < -0.3 is 10.2 Å². The highest BCUT2D eigenvalue weighted by molar-refractivity contribution is 9.10. The van der Waals surface area contributed by atoms with E-state index in [2.05, 4.69) is 21.0 Å². The third-order valence-electron chi connectivity index (χ3n) is 3.08. The topological polar surface area (TPSA) is 79.0 Å². The number of benzene rings is 1. The van der Waals surface area contributed by atoms with Crippen molar-refractivity contribution in [2.24, 2.45) is 14.1 Å². The molecule has 0 spiro atoms. The second-order valence-corrected chi connectivity index (χ2v) is 5.07. The van der Waals surface area contributed by atoms with E-state index in [4.69, 9.17) is 10.2 Å². The molecular weight excluding hydrogens is 312 g/mol. The van der Waals surface area contributed by atoms with Gasteiger partial charge in [-0.05, 0) is 34.1 Å². The summed E-state index contributed by atoms with van der Waals surface area (Å²) in [5.41, 5.74) is 8.82. The van der Waals surface area contributed by atoms with Crippen molar-refractivity contribution >= 4 is 32.8 Å². The Hall–Kier alpha value is -2.02. The highest BCUT2D eigenvalue weighted by Gasteiger charge is 2.15. The van der Waals surface area contributed by atoms with Crippen molar-refractivity contribution in [2.75, 3.05) is 5.73 Å². The van der Waals surface area contributed by atoms with Crippen molar-refractivity contribution < 1.29 is 4.42 Å². The largest absolute Gasteiger partial charge is 0.419 e. The van der Waals surface area contributed by atoms with Crippen LogP contribution < -0.4 is 11.5 Å². The SMILES string of the molecule is Cn1nc(N)c(Br)c1-c1ccc2oc(=O)n(C)c2c1. The Labute approximate surface area is 116 Å². The lowest BCUT2D eigenvalue weighted by Gasteiger charge is -2.03. The maximum Gasteiger partial charge on any atom is 0.419 e. The Bertz CT molecular complexity index is 843. The predicted octanol–water partition coefficient (Wildman–Crippen LogP) is 1.88. The minimum atomic E-state index is -0.379. The zero-order valence-corrected chi connectivity index (χ0v) is 11.9. The third-order valence-corrected chi connectivity index (χ3v) is 3.86. The molecule has 3 aromatic rings. The molecule has 0 bridgehead atoms. The quantitative estimate of drug-likeness (QED) is 0.741. The molecule has 3 rings (SSSR count). The van der Waals surface area contributed by atoms with Crippen LogP contribution in [0.5, 0.6) is 0 Å². The van der Waals surface area contributed by atoms with Crippen molar-refractivity contribution in [3.63, 3.8) is 0 Å². The van der Waals surface area contributed by atoms with E-state index in [0.29, 0.717) is 11.4 Å². The number of halogens is 1. The molecule has 0 saturated carbocycles. The number of nitrogen functional groups attached to an aromatic ring is 1. The van der Waals surface area contributed by atoms with E-state index in [1.807, 2.05) is 19.2 Å². The van der Waals surface area contributed by atoms with Crippen LogP contribution in [0.15, 0.2) is 31.9 Å². The zero-order valence-electron chi connectivity index (χ0n) is 10.3. The minimum Gasteiger partial charge on any atom is -0.408 e. The van der Waals surface area contributed by atoms with Gasteiger partial charge in [-0.3, -0.25) is 9.25 Å². The number of rotatable bonds is 1. The molecule has 0 fully saturated rings. The van der Waals surface area contributed by atoms with Crippen LogP contribution in [-0.2, 0) is 14.1 Å². The standard InChI is InChI=1S/C12H11BrN4O2/c1-16-7-5-6(3-4-8(7)19-12(16)18)10-9(13)11(14)15-17(10)2/h3-5H,1-2H3,(H2,14,15). The van der Waals surface area contributed by atoms with Crippen LogP contribution in [0.2, 0.25) is 0 Å². The number of oxazole rings is 1. The number of hydrogen-bond acceptors (Lipinski definition) is 4. The average molecular weight is 323 g/mol. The molecule has 0 unspecified atom stereocenters. The van der Waals surface area contributed by atoms with Crippen LogP contribution in [0, 0.1) is 0 Å². The van der Waals surface area contributed by atoms with E-state index < -0.39 is 0 Å². The summed E-state index contributed by atoms with van der Waals surface area (Å²) in [7, 11) is 3.49. The highest BCUT2D eigenvalue weighted by Crippen LogP contribution is 2.33. The fourth-order valence-corrected chi connectivity index (χ4v) is 2.67. The first-order valence-electron chi connectivity index (χ1n) is 5.57. The van der Waals surface area contributed by atoms with Gasteiger partial charge in [0, 0.05) is 19.7 Å². The maximum absolute atomic E-state index is 11.5. The summed E-state index contributed by atoms with van der Waals surface area (Å²) >= 11 is 3.43. The first-order valence-corrected chi connectivity index (χ1v) is 6.36. The molecular formula is C12H11BrN4O2. The van der Waals surface area contributed by atoms with E-state index in [-0.39, 0.29) is 5.76 Å². The van der Waals surface area contributed by atoms with E-state index in [1.165, 1.54) is 4.57 Å². The van der Waals surface area contributed by atoms with Crippen molar-refractivity contribution in [1.82, 2.24) is 14.3 Å². The van der Waals surface area contributed by atoms with Crippen molar-refractivity contribution in [3.05, 3.63) is 33.2 Å². The van der Waals surface area contributed by atoms with Gasteiger partial charge in [0.2, 0.25) is 0 Å². The third kappa shape index (κ3) is 1.69. The summed E-state index contributed by atoms with van der Waals surface area (Å²) in [5.74, 6) is 0.0504. The Morgan fingerprint density at radius 1 is 1.37 bits per heavy atom. The van der Waals surface area contributed by atoms with Crippen molar-refractivity contribution in [2.45, 2.75) is 0 Å². The fourth-order valence-electron chi connectivity index (χ4n) is 2.11. The first kappa shape index (κ1) is 12.0. The molecule has 2 aromatic heterocycles. The fraction of sp³-hybridized carbons (Fsp3) is 0.167. The van der Waals surface area contributed by atoms with Gasteiger partial charge in [-0.25, -0.2) is 4.79 Å². The molecule has 1 aromatic carbocycles.